The molecule has 0 aliphatic rings. The maximum absolute atomic E-state index is 13.4. The van der Waals surface area contributed by atoms with Gasteiger partial charge in [-0.05, 0) is 41.9 Å². The first-order valence-electron chi connectivity index (χ1n) is 10.2. The number of nitrogens with one attached hydrogen (secondary N) is 2. The van der Waals surface area contributed by atoms with Crippen LogP contribution in [0, 0.1) is 5.82 Å². The van der Waals surface area contributed by atoms with Gasteiger partial charge in [-0.15, -0.1) is 0 Å². The highest BCUT2D eigenvalue weighted by Gasteiger charge is 2.15. The Morgan fingerprint density at radius 3 is 2.35 bits per heavy atom. The second-order valence-corrected chi connectivity index (χ2v) is 7.20. The van der Waals surface area contributed by atoms with E-state index in [0.29, 0.717) is 30.9 Å². The van der Waals surface area contributed by atoms with Crippen LogP contribution >= 0.6 is 0 Å². The summed E-state index contributed by atoms with van der Waals surface area (Å²) in [6.07, 6.45) is 0. The average molecular weight is 420 g/mol. The molecule has 0 saturated heterocycles. The van der Waals surface area contributed by atoms with E-state index in [1.54, 1.807) is 30.3 Å². The Morgan fingerprint density at radius 1 is 0.903 bits per heavy atom. The number of anilines is 1. The van der Waals surface area contributed by atoms with Gasteiger partial charge in [-0.25, -0.2) is 4.39 Å². The van der Waals surface area contributed by atoms with Crippen LogP contribution < -0.4 is 10.6 Å². The summed E-state index contributed by atoms with van der Waals surface area (Å²) in [6.45, 7) is 3.56. The molecule has 0 radical (unpaired) electrons. The zero-order valence-corrected chi connectivity index (χ0v) is 17.5. The number of benzene rings is 3. The molecule has 3 rings (SSSR count). The third kappa shape index (κ3) is 6.76. The first-order valence-corrected chi connectivity index (χ1v) is 10.2. The molecule has 0 atom stereocenters. The van der Waals surface area contributed by atoms with Crippen LogP contribution in [0.1, 0.15) is 28.4 Å². The molecule has 6 heteroatoms. The fourth-order valence-electron chi connectivity index (χ4n) is 3.23. The molecular formula is C25H26FN3O2. The van der Waals surface area contributed by atoms with Crippen molar-refractivity contribution in [1.82, 2.24) is 10.2 Å². The van der Waals surface area contributed by atoms with Gasteiger partial charge >= 0.3 is 0 Å². The summed E-state index contributed by atoms with van der Waals surface area (Å²) in [4.78, 5) is 27.2. The molecule has 0 saturated carbocycles. The molecule has 2 N–H and O–H groups in total. The lowest BCUT2D eigenvalue weighted by Crippen LogP contribution is -2.33. The Hall–Kier alpha value is -3.51. The van der Waals surface area contributed by atoms with E-state index in [4.69, 9.17) is 0 Å². The molecule has 31 heavy (non-hydrogen) atoms. The molecule has 0 aliphatic carbocycles. The standard InChI is InChI=1S/C25H26FN3O2/c1-2-29(17-20-11-8-12-21(26)15-20)18-24(30)28-23-14-7-6-13-22(23)25(31)27-16-19-9-4-3-5-10-19/h3-15H,2,16-18H2,1H3,(H,27,31)(H,28,30). The molecule has 160 valence electrons. The number of halogens is 1. The highest BCUT2D eigenvalue weighted by Crippen LogP contribution is 2.16. The van der Waals surface area contributed by atoms with E-state index < -0.39 is 0 Å². The molecule has 3 aromatic carbocycles. The molecule has 5 nitrogen and oxygen atoms in total. The van der Waals surface area contributed by atoms with Crippen molar-refractivity contribution in [2.75, 3.05) is 18.4 Å². The molecule has 2 amide bonds. The molecule has 0 aromatic heterocycles. The lowest BCUT2D eigenvalue weighted by Gasteiger charge is -2.20. The SMILES string of the molecule is CCN(CC(=O)Nc1ccccc1C(=O)NCc1ccccc1)Cc1cccc(F)c1. The smallest absolute Gasteiger partial charge is 0.253 e. The van der Waals surface area contributed by atoms with Crippen molar-refractivity contribution in [3.63, 3.8) is 0 Å². The van der Waals surface area contributed by atoms with Gasteiger partial charge in [0.2, 0.25) is 5.91 Å². The van der Waals surface area contributed by atoms with Gasteiger partial charge in [0.1, 0.15) is 5.82 Å². The first-order chi connectivity index (χ1) is 15.0. The Balaban J connectivity index is 1.61. The van der Waals surface area contributed by atoms with Crippen molar-refractivity contribution in [1.29, 1.82) is 0 Å². The van der Waals surface area contributed by atoms with Crippen molar-refractivity contribution < 1.29 is 14.0 Å². The topological polar surface area (TPSA) is 61.4 Å². The maximum atomic E-state index is 13.4. The Bertz CT molecular complexity index is 1020. The number of para-hydroxylation sites is 1. The second-order valence-electron chi connectivity index (χ2n) is 7.20. The zero-order chi connectivity index (χ0) is 22.1. The summed E-state index contributed by atoms with van der Waals surface area (Å²) in [5, 5.41) is 5.72. The second kappa shape index (κ2) is 11.0. The minimum atomic E-state index is -0.298. The highest BCUT2D eigenvalue weighted by atomic mass is 19.1. The van der Waals surface area contributed by atoms with E-state index in [9.17, 15) is 14.0 Å². The van der Waals surface area contributed by atoms with Crippen molar-refractivity contribution in [3.8, 4) is 0 Å². The fourth-order valence-corrected chi connectivity index (χ4v) is 3.23. The summed E-state index contributed by atoms with van der Waals surface area (Å²) < 4.78 is 13.4. The highest BCUT2D eigenvalue weighted by molar-refractivity contribution is 6.04. The monoisotopic (exact) mass is 419 g/mol. The van der Waals surface area contributed by atoms with Gasteiger partial charge in [0.05, 0.1) is 17.8 Å². The van der Waals surface area contributed by atoms with Gasteiger partial charge in [0, 0.05) is 13.1 Å². The van der Waals surface area contributed by atoms with Crippen molar-refractivity contribution in [2.24, 2.45) is 0 Å². The van der Waals surface area contributed by atoms with Crippen LogP contribution in [0.4, 0.5) is 10.1 Å². The van der Waals surface area contributed by atoms with E-state index in [-0.39, 0.29) is 24.2 Å². The van der Waals surface area contributed by atoms with Gasteiger partial charge in [-0.3, -0.25) is 14.5 Å². The summed E-state index contributed by atoms with van der Waals surface area (Å²) in [6, 6.07) is 22.9. The number of rotatable bonds is 9. The van der Waals surface area contributed by atoms with E-state index >= 15 is 0 Å². The minimum absolute atomic E-state index is 0.132. The number of hydrogen-bond donors (Lipinski definition) is 2. The Labute approximate surface area is 181 Å². The van der Waals surface area contributed by atoms with Crippen LogP contribution in [-0.2, 0) is 17.9 Å². The molecule has 0 fully saturated rings. The number of likely N-dealkylation sites (N-methyl/N-ethyl adjacent to an activating group) is 1. The Kier molecular flexibility index (Phi) is 7.90. The van der Waals surface area contributed by atoms with Gasteiger partial charge in [0.15, 0.2) is 0 Å². The lowest BCUT2D eigenvalue weighted by molar-refractivity contribution is -0.117. The number of hydrogen-bond acceptors (Lipinski definition) is 3. The fraction of sp³-hybridized carbons (Fsp3) is 0.200. The summed E-state index contributed by atoms with van der Waals surface area (Å²) in [7, 11) is 0. The van der Waals surface area contributed by atoms with Crippen LogP contribution in [0.25, 0.3) is 0 Å². The van der Waals surface area contributed by atoms with Crippen LogP contribution in [-0.4, -0.2) is 29.8 Å². The van der Waals surface area contributed by atoms with E-state index in [0.717, 1.165) is 11.1 Å². The van der Waals surface area contributed by atoms with Gasteiger partial charge < -0.3 is 10.6 Å². The van der Waals surface area contributed by atoms with Crippen LogP contribution in [0.5, 0.6) is 0 Å². The molecule has 0 spiro atoms. The summed E-state index contributed by atoms with van der Waals surface area (Å²) in [5.41, 5.74) is 2.66. The van der Waals surface area contributed by atoms with Gasteiger partial charge in [-0.2, -0.15) is 0 Å². The average Bonchev–Trinajstić information content (AvgIpc) is 2.78. The Morgan fingerprint density at radius 2 is 1.61 bits per heavy atom. The number of nitrogens with zero attached hydrogens (tertiary/aromatic N) is 1. The van der Waals surface area contributed by atoms with E-state index in [1.807, 2.05) is 48.2 Å². The van der Waals surface area contributed by atoms with E-state index in [2.05, 4.69) is 10.6 Å². The van der Waals surface area contributed by atoms with Crippen LogP contribution in [0.3, 0.4) is 0 Å². The zero-order valence-electron chi connectivity index (χ0n) is 17.5. The van der Waals surface area contributed by atoms with Crippen molar-refractivity contribution in [2.45, 2.75) is 20.0 Å². The van der Waals surface area contributed by atoms with E-state index in [1.165, 1.54) is 12.1 Å². The minimum Gasteiger partial charge on any atom is -0.348 e. The lowest BCUT2D eigenvalue weighted by atomic mass is 10.1. The summed E-state index contributed by atoms with van der Waals surface area (Å²) >= 11 is 0. The summed E-state index contributed by atoms with van der Waals surface area (Å²) in [5.74, 6) is -0.790. The molecule has 3 aromatic rings. The molecule has 0 heterocycles. The molecule has 0 unspecified atom stereocenters. The quantitative estimate of drug-likeness (QED) is 0.546. The van der Waals surface area contributed by atoms with Gasteiger partial charge in [0.25, 0.3) is 5.91 Å². The number of amides is 2. The molecular weight excluding hydrogens is 393 g/mol. The molecule has 0 bridgehead atoms. The van der Waals surface area contributed by atoms with Crippen LogP contribution in [0.2, 0.25) is 0 Å². The predicted octanol–water partition coefficient (Wildman–Crippen LogP) is 4.22. The van der Waals surface area contributed by atoms with Crippen LogP contribution in [0.15, 0.2) is 78.9 Å². The normalized spacial score (nSPS) is 10.7. The van der Waals surface area contributed by atoms with Gasteiger partial charge in [-0.1, -0.05) is 61.5 Å². The van der Waals surface area contributed by atoms with Crippen molar-refractivity contribution in [3.05, 3.63) is 101 Å². The predicted molar refractivity (Wildman–Crippen MR) is 120 cm³/mol. The number of carbonyl (C=O) groups excluding carboxylic acids is 2. The third-order valence-electron chi connectivity index (χ3n) is 4.85. The largest absolute Gasteiger partial charge is 0.348 e. The molecule has 0 aliphatic heterocycles. The third-order valence-corrected chi connectivity index (χ3v) is 4.85. The first kappa shape index (κ1) is 22.2. The number of carbonyl (C=O) groups is 2. The maximum Gasteiger partial charge on any atom is 0.253 e. The van der Waals surface area contributed by atoms with Crippen molar-refractivity contribution >= 4 is 17.5 Å².